The molecule has 3 aromatic rings. The van der Waals surface area contributed by atoms with Gasteiger partial charge in [0.25, 0.3) is 5.91 Å². The lowest BCUT2D eigenvalue weighted by Crippen LogP contribution is -2.38. The summed E-state index contributed by atoms with van der Waals surface area (Å²) in [5, 5.41) is 5.40. The molecule has 10 heteroatoms. The van der Waals surface area contributed by atoms with Crippen LogP contribution in [0.1, 0.15) is 15.9 Å². The zero-order chi connectivity index (χ0) is 24.0. The lowest BCUT2D eigenvalue weighted by molar-refractivity contribution is -0.116. The molecule has 0 bridgehead atoms. The van der Waals surface area contributed by atoms with Crippen molar-refractivity contribution < 1.29 is 22.4 Å². The molecule has 0 fully saturated rings. The Bertz CT molecular complexity index is 1270. The zero-order valence-electron chi connectivity index (χ0n) is 17.6. The highest BCUT2D eigenvalue weighted by atomic mass is 35.5. The van der Waals surface area contributed by atoms with Crippen LogP contribution >= 0.6 is 11.6 Å². The topological polar surface area (TPSA) is 95.6 Å². The number of benzene rings is 3. The van der Waals surface area contributed by atoms with Crippen molar-refractivity contribution in [2.24, 2.45) is 0 Å². The van der Waals surface area contributed by atoms with Crippen LogP contribution in [0.4, 0.5) is 10.1 Å². The molecule has 0 aromatic heterocycles. The van der Waals surface area contributed by atoms with E-state index in [2.05, 4.69) is 10.6 Å². The van der Waals surface area contributed by atoms with Crippen LogP contribution < -0.4 is 10.6 Å². The number of amides is 2. The average Bonchev–Trinajstić information content (AvgIpc) is 2.80. The maximum Gasteiger partial charge on any atom is 0.251 e. The van der Waals surface area contributed by atoms with E-state index in [0.29, 0.717) is 21.8 Å². The molecule has 3 rings (SSSR count). The number of carbonyl (C=O) groups excluding carboxylic acids is 2. The van der Waals surface area contributed by atoms with Crippen LogP contribution in [0.2, 0.25) is 5.02 Å². The number of nitrogens with one attached hydrogen (secondary N) is 2. The molecule has 172 valence electrons. The van der Waals surface area contributed by atoms with Crippen LogP contribution in [0, 0.1) is 5.82 Å². The standard InChI is InChI=1S/C23H21ClFN3O4S/c1-26-23(30)16-10-12-18(13-11-16)27-22(29)15-28(14-17-6-2-3-7-19(17)24)33(31,32)21-9-5-4-8-20(21)25/h2-13H,14-15H2,1H3,(H,26,30)(H,27,29). The fraction of sp³-hybridized carbons (Fsp3) is 0.130. The van der Waals surface area contributed by atoms with Gasteiger partial charge in [0, 0.05) is 29.9 Å². The van der Waals surface area contributed by atoms with E-state index in [-0.39, 0.29) is 12.5 Å². The molecule has 2 amide bonds. The van der Waals surface area contributed by atoms with Crippen LogP contribution in [-0.4, -0.2) is 38.1 Å². The smallest absolute Gasteiger partial charge is 0.251 e. The third kappa shape index (κ3) is 5.95. The van der Waals surface area contributed by atoms with Crippen molar-refractivity contribution in [2.45, 2.75) is 11.4 Å². The normalized spacial score (nSPS) is 11.3. The van der Waals surface area contributed by atoms with Crippen LogP contribution in [0.25, 0.3) is 0 Å². The Morgan fingerprint density at radius 3 is 2.24 bits per heavy atom. The van der Waals surface area contributed by atoms with Crippen LogP contribution in [-0.2, 0) is 21.4 Å². The van der Waals surface area contributed by atoms with Gasteiger partial charge in [-0.15, -0.1) is 0 Å². The molecule has 0 spiro atoms. The molecule has 0 radical (unpaired) electrons. The van der Waals surface area contributed by atoms with E-state index in [1.54, 1.807) is 24.3 Å². The van der Waals surface area contributed by atoms with Crippen molar-refractivity contribution in [3.8, 4) is 0 Å². The monoisotopic (exact) mass is 489 g/mol. The highest BCUT2D eigenvalue weighted by Gasteiger charge is 2.29. The van der Waals surface area contributed by atoms with Gasteiger partial charge in [-0.2, -0.15) is 4.31 Å². The maximum atomic E-state index is 14.3. The van der Waals surface area contributed by atoms with Gasteiger partial charge < -0.3 is 10.6 Å². The van der Waals surface area contributed by atoms with Gasteiger partial charge in [0.15, 0.2) is 0 Å². The van der Waals surface area contributed by atoms with E-state index in [0.717, 1.165) is 16.4 Å². The summed E-state index contributed by atoms with van der Waals surface area (Å²) in [7, 11) is -2.87. The molecular formula is C23H21ClFN3O4S. The molecule has 0 aliphatic heterocycles. The number of hydrogen-bond acceptors (Lipinski definition) is 4. The van der Waals surface area contributed by atoms with Gasteiger partial charge >= 0.3 is 0 Å². The van der Waals surface area contributed by atoms with Gasteiger partial charge in [-0.25, -0.2) is 12.8 Å². The quantitative estimate of drug-likeness (QED) is 0.504. The molecule has 0 heterocycles. The molecule has 0 unspecified atom stereocenters. The van der Waals surface area contributed by atoms with Gasteiger partial charge in [-0.1, -0.05) is 41.9 Å². The Labute approximate surface area is 196 Å². The first kappa shape index (κ1) is 24.4. The highest BCUT2D eigenvalue weighted by molar-refractivity contribution is 7.89. The largest absolute Gasteiger partial charge is 0.355 e. The number of sulfonamides is 1. The molecular weight excluding hydrogens is 469 g/mol. The van der Waals surface area contributed by atoms with Gasteiger partial charge in [0.05, 0.1) is 6.54 Å². The van der Waals surface area contributed by atoms with Gasteiger partial charge in [0.2, 0.25) is 15.9 Å². The third-order valence-corrected chi connectivity index (χ3v) is 6.93. The lowest BCUT2D eigenvalue weighted by Gasteiger charge is -2.22. The number of anilines is 1. The third-order valence-electron chi connectivity index (χ3n) is 4.74. The maximum absolute atomic E-state index is 14.3. The molecule has 0 saturated heterocycles. The predicted octanol–water partition coefficient (Wildman–Crippen LogP) is 3.67. The zero-order valence-corrected chi connectivity index (χ0v) is 19.2. The first-order chi connectivity index (χ1) is 15.7. The lowest BCUT2D eigenvalue weighted by atomic mass is 10.2. The van der Waals surface area contributed by atoms with E-state index >= 15 is 0 Å². The minimum atomic E-state index is -4.37. The fourth-order valence-electron chi connectivity index (χ4n) is 3.05. The second-order valence-corrected chi connectivity index (χ2v) is 9.31. The summed E-state index contributed by atoms with van der Waals surface area (Å²) in [6.45, 7) is -0.821. The summed E-state index contributed by atoms with van der Waals surface area (Å²) in [4.78, 5) is 23.8. The van der Waals surface area contributed by atoms with Crippen molar-refractivity contribution >= 4 is 39.1 Å². The SMILES string of the molecule is CNC(=O)c1ccc(NC(=O)CN(Cc2ccccc2Cl)S(=O)(=O)c2ccccc2F)cc1. The minimum Gasteiger partial charge on any atom is -0.355 e. The van der Waals surface area contributed by atoms with Crippen LogP contribution in [0.15, 0.2) is 77.7 Å². The first-order valence-corrected chi connectivity index (χ1v) is 11.6. The molecule has 33 heavy (non-hydrogen) atoms. The average molecular weight is 490 g/mol. The number of rotatable bonds is 8. The number of nitrogens with zero attached hydrogens (tertiary/aromatic N) is 1. The summed E-state index contributed by atoms with van der Waals surface area (Å²) in [6, 6.07) is 17.6. The van der Waals surface area contributed by atoms with Gasteiger partial charge in [-0.3, -0.25) is 9.59 Å². The second-order valence-electron chi connectivity index (χ2n) is 7.00. The van der Waals surface area contributed by atoms with Crippen LogP contribution in [0.3, 0.4) is 0 Å². The predicted molar refractivity (Wildman–Crippen MR) is 124 cm³/mol. The number of halogens is 2. The number of carbonyl (C=O) groups is 2. The van der Waals surface area contributed by atoms with E-state index in [1.807, 2.05) is 0 Å². The van der Waals surface area contributed by atoms with Crippen LogP contribution in [0.5, 0.6) is 0 Å². The van der Waals surface area contributed by atoms with Crippen molar-refractivity contribution in [3.05, 3.63) is 94.8 Å². The van der Waals surface area contributed by atoms with Gasteiger partial charge in [0.1, 0.15) is 10.7 Å². The minimum absolute atomic E-state index is 0.237. The van der Waals surface area contributed by atoms with E-state index < -0.39 is 33.2 Å². The number of hydrogen-bond donors (Lipinski definition) is 2. The second kappa shape index (κ2) is 10.6. The Morgan fingerprint density at radius 2 is 1.61 bits per heavy atom. The van der Waals surface area contributed by atoms with Crippen molar-refractivity contribution in [3.63, 3.8) is 0 Å². The molecule has 7 nitrogen and oxygen atoms in total. The van der Waals surface area contributed by atoms with E-state index in [4.69, 9.17) is 11.6 Å². The van der Waals surface area contributed by atoms with Crippen molar-refractivity contribution in [1.82, 2.24) is 9.62 Å². The molecule has 3 aromatic carbocycles. The highest BCUT2D eigenvalue weighted by Crippen LogP contribution is 2.24. The Morgan fingerprint density at radius 1 is 0.970 bits per heavy atom. The summed E-state index contributed by atoms with van der Waals surface area (Å²) in [6.07, 6.45) is 0. The molecule has 0 atom stereocenters. The summed E-state index contributed by atoms with van der Waals surface area (Å²) in [5.74, 6) is -1.85. The molecule has 0 aliphatic rings. The van der Waals surface area contributed by atoms with E-state index in [9.17, 15) is 22.4 Å². The summed E-state index contributed by atoms with van der Waals surface area (Å²) in [5.41, 5.74) is 1.23. The first-order valence-electron chi connectivity index (χ1n) is 9.82. The Balaban J connectivity index is 1.86. The van der Waals surface area contributed by atoms with Gasteiger partial charge in [-0.05, 0) is 48.0 Å². The van der Waals surface area contributed by atoms with Crippen molar-refractivity contribution in [1.29, 1.82) is 0 Å². The summed E-state index contributed by atoms with van der Waals surface area (Å²) < 4.78 is 41.6. The molecule has 2 N–H and O–H groups in total. The molecule has 0 saturated carbocycles. The fourth-order valence-corrected chi connectivity index (χ4v) is 4.68. The van der Waals surface area contributed by atoms with Crippen molar-refractivity contribution in [2.75, 3.05) is 18.9 Å². The van der Waals surface area contributed by atoms with E-state index in [1.165, 1.54) is 43.4 Å². The Kier molecular flexibility index (Phi) is 7.80. The Hall–Kier alpha value is -3.27. The summed E-state index contributed by atoms with van der Waals surface area (Å²) >= 11 is 6.19. The molecule has 0 aliphatic carbocycles.